The van der Waals surface area contributed by atoms with Gasteiger partial charge in [0.15, 0.2) is 0 Å². The van der Waals surface area contributed by atoms with Gasteiger partial charge in [-0.3, -0.25) is 4.79 Å². The topological polar surface area (TPSA) is 75.6 Å². The number of Topliss-reactive ketones (excluding diaryl/α,β-unsaturated/α-hetero) is 1. The number of hydrogen-bond donors (Lipinski definition) is 2. The van der Waals surface area contributed by atoms with Gasteiger partial charge in [0, 0.05) is 18.9 Å². The highest BCUT2D eigenvalue weighted by Crippen LogP contribution is 2.18. The van der Waals surface area contributed by atoms with Gasteiger partial charge in [-0.25, -0.2) is 0 Å². The van der Waals surface area contributed by atoms with Crippen molar-refractivity contribution in [3.63, 3.8) is 0 Å². The molecule has 0 bridgehead atoms. The Morgan fingerprint density at radius 1 is 1.22 bits per heavy atom. The molecule has 0 aromatic heterocycles. The smallest absolute Gasteiger partial charge is 0.302 e. The summed E-state index contributed by atoms with van der Waals surface area (Å²) in [5, 5.41) is 12.9. The molecule has 0 saturated carbocycles. The highest BCUT2D eigenvalue weighted by Gasteiger charge is 2.34. The number of ketones is 1. The summed E-state index contributed by atoms with van der Waals surface area (Å²) >= 11 is 0. The number of aliphatic hydroxyl groups is 1. The van der Waals surface area contributed by atoms with Crippen LogP contribution in [0.4, 0.5) is 0 Å². The molecule has 0 amide bonds. The second-order valence-electron chi connectivity index (χ2n) is 5.80. The Morgan fingerprint density at radius 3 is 2.11 bits per heavy atom. The van der Waals surface area contributed by atoms with Crippen LogP contribution in [0.25, 0.3) is 0 Å². The molecule has 5 heteroatoms. The molecule has 0 aromatic carbocycles. The van der Waals surface area contributed by atoms with Crippen molar-refractivity contribution in [2.24, 2.45) is 0 Å². The Bertz CT molecular complexity index is 276. The number of nitrogens with one attached hydrogen (secondary N) is 1. The van der Waals surface area contributed by atoms with Gasteiger partial charge in [0.1, 0.15) is 12.4 Å². The van der Waals surface area contributed by atoms with Crippen LogP contribution < -0.4 is 5.32 Å². The SMILES string of the molecule is CC(=O)CCC(CO)(COC(C)=O)NC(C)(C)C. The van der Waals surface area contributed by atoms with E-state index in [4.69, 9.17) is 4.74 Å². The predicted octanol–water partition coefficient (Wildman–Crippen LogP) is 1.04. The fourth-order valence-corrected chi connectivity index (χ4v) is 1.79. The lowest BCUT2D eigenvalue weighted by Gasteiger charge is -2.38. The third kappa shape index (κ3) is 7.40. The van der Waals surface area contributed by atoms with Crippen LogP contribution in [-0.2, 0) is 14.3 Å². The van der Waals surface area contributed by atoms with Gasteiger partial charge in [0.2, 0.25) is 0 Å². The van der Waals surface area contributed by atoms with Crippen molar-refractivity contribution in [3.8, 4) is 0 Å². The number of carbonyl (C=O) groups is 2. The van der Waals surface area contributed by atoms with Crippen molar-refractivity contribution in [1.29, 1.82) is 0 Å². The van der Waals surface area contributed by atoms with Crippen LogP contribution in [0.1, 0.15) is 47.5 Å². The number of hydrogen-bond acceptors (Lipinski definition) is 5. The minimum absolute atomic E-state index is 0.0476. The Hall–Kier alpha value is -0.940. The molecule has 0 aromatic rings. The fraction of sp³-hybridized carbons (Fsp3) is 0.846. The molecule has 18 heavy (non-hydrogen) atoms. The van der Waals surface area contributed by atoms with Gasteiger partial charge in [0.05, 0.1) is 12.1 Å². The lowest BCUT2D eigenvalue weighted by molar-refractivity contribution is -0.144. The van der Waals surface area contributed by atoms with E-state index in [0.29, 0.717) is 12.8 Å². The highest BCUT2D eigenvalue weighted by atomic mass is 16.5. The lowest BCUT2D eigenvalue weighted by atomic mass is 9.90. The number of aliphatic hydroxyl groups excluding tert-OH is 1. The molecule has 106 valence electrons. The molecule has 0 aliphatic carbocycles. The first kappa shape index (κ1) is 17.1. The monoisotopic (exact) mass is 259 g/mol. The summed E-state index contributed by atoms with van der Waals surface area (Å²) in [7, 11) is 0. The van der Waals surface area contributed by atoms with E-state index >= 15 is 0 Å². The van der Waals surface area contributed by atoms with Crippen LogP contribution in [0.3, 0.4) is 0 Å². The summed E-state index contributed by atoms with van der Waals surface area (Å²) in [6, 6.07) is 0. The van der Waals surface area contributed by atoms with Crippen molar-refractivity contribution in [2.45, 2.75) is 58.5 Å². The first-order valence-electron chi connectivity index (χ1n) is 6.13. The summed E-state index contributed by atoms with van der Waals surface area (Å²) < 4.78 is 5.00. The van der Waals surface area contributed by atoms with E-state index in [1.54, 1.807) is 0 Å². The van der Waals surface area contributed by atoms with E-state index in [1.807, 2.05) is 20.8 Å². The maximum absolute atomic E-state index is 11.1. The minimum atomic E-state index is -0.768. The van der Waals surface area contributed by atoms with Gasteiger partial charge in [-0.1, -0.05) is 0 Å². The van der Waals surface area contributed by atoms with Crippen LogP contribution >= 0.6 is 0 Å². The second-order valence-corrected chi connectivity index (χ2v) is 5.80. The molecule has 1 atom stereocenters. The zero-order chi connectivity index (χ0) is 14.4. The molecule has 1 unspecified atom stereocenters. The summed E-state index contributed by atoms with van der Waals surface area (Å²) in [6.45, 7) is 8.57. The number of ether oxygens (including phenoxy) is 1. The van der Waals surface area contributed by atoms with E-state index in [2.05, 4.69) is 5.32 Å². The molecule has 0 aliphatic heterocycles. The number of esters is 1. The van der Waals surface area contributed by atoms with Crippen molar-refractivity contribution in [1.82, 2.24) is 5.32 Å². The van der Waals surface area contributed by atoms with Gasteiger partial charge in [-0.05, 0) is 34.1 Å². The highest BCUT2D eigenvalue weighted by molar-refractivity contribution is 5.75. The Labute approximate surface area is 109 Å². The summed E-state index contributed by atoms with van der Waals surface area (Å²) in [4.78, 5) is 22.0. The van der Waals surface area contributed by atoms with Crippen LogP contribution in [0.15, 0.2) is 0 Å². The van der Waals surface area contributed by atoms with E-state index in [1.165, 1.54) is 13.8 Å². The summed E-state index contributed by atoms with van der Waals surface area (Å²) in [5.74, 6) is -0.349. The molecule has 0 aliphatic rings. The molecule has 0 spiro atoms. The van der Waals surface area contributed by atoms with E-state index in [0.717, 1.165) is 0 Å². The summed E-state index contributed by atoms with van der Waals surface area (Å²) in [6.07, 6.45) is 0.772. The van der Waals surface area contributed by atoms with E-state index < -0.39 is 11.5 Å². The zero-order valence-electron chi connectivity index (χ0n) is 12.0. The van der Waals surface area contributed by atoms with E-state index in [9.17, 15) is 14.7 Å². The molecular weight excluding hydrogens is 234 g/mol. The van der Waals surface area contributed by atoms with Gasteiger partial charge >= 0.3 is 5.97 Å². The lowest BCUT2D eigenvalue weighted by Crippen LogP contribution is -2.59. The van der Waals surface area contributed by atoms with Crippen molar-refractivity contribution in [3.05, 3.63) is 0 Å². The Morgan fingerprint density at radius 2 is 1.78 bits per heavy atom. The second kappa shape index (κ2) is 6.85. The molecule has 5 nitrogen and oxygen atoms in total. The first-order chi connectivity index (χ1) is 8.10. The first-order valence-corrected chi connectivity index (χ1v) is 6.13. The van der Waals surface area contributed by atoms with Crippen molar-refractivity contribution < 1.29 is 19.4 Å². The maximum atomic E-state index is 11.1. The number of rotatable bonds is 7. The Kier molecular flexibility index (Phi) is 6.49. The molecule has 0 heterocycles. The average molecular weight is 259 g/mol. The third-order valence-corrected chi connectivity index (χ3v) is 2.45. The van der Waals surface area contributed by atoms with E-state index in [-0.39, 0.29) is 24.5 Å². The van der Waals surface area contributed by atoms with Crippen LogP contribution in [0, 0.1) is 0 Å². The van der Waals surface area contributed by atoms with Crippen molar-refractivity contribution >= 4 is 11.8 Å². The Balaban J connectivity index is 4.81. The van der Waals surface area contributed by atoms with Crippen LogP contribution in [-0.4, -0.2) is 41.2 Å². The molecular formula is C13H25NO4. The largest absolute Gasteiger partial charge is 0.464 e. The number of carbonyl (C=O) groups excluding carboxylic acids is 2. The zero-order valence-corrected chi connectivity index (χ0v) is 12.0. The molecule has 0 rings (SSSR count). The summed E-state index contributed by atoms with van der Waals surface area (Å²) in [5.41, 5.74) is -1.02. The van der Waals surface area contributed by atoms with Gasteiger partial charge in [-0.2, -0.15) is 0 Å². The molecule has 0 saturated heterocycles. The fourth-order valence-electron chi connectivity index (χ4n) is 1.79. The van der Waals surface area contributed by atoms with Crippen LogP contribution in [0.5, 0.6) is 0 Å². The third-order valence-electron chi connectivity index (χ3n) is 2.45. The molecule has 2 N–H and O–H groups in total. The van der Waals surface area contributed by atoms with Gasteiger partial charge < -0.3 is 20.0 Å². The standard InChI is InChI=1S/C13H25NO4/c1-10(16)6-7-13(8-15,9-18-11(2)17)14-12(3,4)5/h14-15H,6-9H2,1-5H3. The minimum Gasteiger partial charge on any atom is -0.464 e. The van der Waals surface area contributed by atoms with Crippen molar-refractivity contribution in [2.75, 3.05) is 13.2 Å². The van der Waals surface area contributed by atoms with Gasteiger partial charge in [0.25, 0.3) is 0 Å². The maximum Gasteiger partial charge on any atom is 0.302 e. The molecule has 0 fully saturated rings. The average Bonchev–Trinajstić information content (AvgIpc) is 2.20. The van der Waals surface area contributed by atoms with Gasteiger partial charge in [-0.15, -0.1) is 0 Å². The molecule has 0 radical (unpaired) electrons. The predicted molar refractivity (Wildman–Crippen MR) is 69.3 cm³/mol. The normalized spacial score (nSPS) is 15.0. The van der Waals surface area contributed by atoms with Crippen LogP contribution in [0.2, 0.25) is 0 Å². The quantitative estimate of drug-likeness (QED) is 0.668.